The van der Waals surface area contributed by atoms with Crippen LogP contribution in [0.5, 0.6) is 0 Å². The van der Waals surface area contributed by atoms with E-state index in [0.717, 1.165) is 5.16 Å². The van der Waals surface area contributed by atoms with Gasteiger partial charge in [-0.05, 0) is 43.3 Å². The van der Waals surface area contributed by atoms with Gasteiger partial charge in [0.1, 0.15) is 5.82 Å². The Hall–Kier alpha value is -2.94. The predicted molar refractivity (Wildman–Crippen MR) is 92.7 cm³/mol. The third kappa shape index (κ3) is 3.25. The molecule has 0 saturated carbocycles. The van der Waals surface area contributed by atoms with Crippen molar-refractivity contribution in [1.29, 1.82) is 0 Å². The maximum atomic E-state index is 13.0. The van der Waals surface area contributed by atoms with E-state index in [9.17, 15) is 4.39 Å². The van der Waals surface area contributed by atoms with Crippen LogP contribution in [0, 0.1) is 5.82 Å². The lowest BCUT2D eigenvalue weighted by atomic mass is 10.2. The normalized spacial score (nSPS) is 11.2. The molecule has 7 nitrogen and oxygen atoms in total. The summed E-state index contributed by atoms with van der Waals surface area (Å²) in [5.74, 6) is 2.37. The largest absolute Gasteiger partial charge is 0.461 e. The summed E-state index contributed by atoms with van der Waals surface area (Å²) < 4.78 is 25.6. The monoisotopic (exact) mass is 371 g/mol. The summed E-state index contributed by atoms with van der Waals surface area (Å²) >= 11 is 1.45. The maximum Gasteiger partial charge on any atom is 0.237 e. The van der Waals surface area contributed by atoms with Crippen LogP contribution < -0.4 is 0 Å². The molecular weight excluding hydrogens is 357 g/mol. The van der Waals surface area contributed by atoms with Crippen molar-refractivity contribution in [2.75, 3.05) is 0 Å². The fourth-order valence-corrected chi connectivity index (χ4v) is 3.26. The van der Waals surface area contributed by atoms with Crippen LogP contribution in [0.25, 0.3) is 23.0 Å². The van der Waals surface area contributed by atoms with E-state index in [4.69, 9.17) is 8.94 Å². The summed E-state index contributed by atoms with van der Waals surface area (Å²) in [7, 11) is 0. The smallest absolute Gasteiger partial charge is 0.237 e. The van der Waals surface area contributed by atoms with Gasteiger partial charge < -0.3 is 8.94 Å². The zero-order valence-corrected chi connectivity index (χ0v) is 14.6. The molecule has 4 aromatic rings. The highest BCUT2D eigenvalue weighted by Gasteiger charge is 2.16. The molecule has 0 atom stereocenters. The van der Waals surface area contributed by atoms with Crippen LogP contribution in [-0.2, 0) is 12.3 Å². The predicted octanol–water partition coefficient (Wildman–Crippen LogP) is 4.04. The lowest BCUT2D eigenvalue weighted by molar-refractivity contribution is 0.391. The average Bonchev–Trinajstić information content (AvgIpc) is 3.40. The summed E-state index contributed by atoms with van der Waals surface area (Å²) in [4.78, 5) is 4.34. The Morgan fingerprint density at radius 2 is 2.00 bits per heavy atom. The Kier molecular flexibility index (Phi) is 4.53. The standard InChI is InChI=1S/C17H14FN5O2S/c1-2-23-16(13-4-3-9-24-13)20-21-17(23)26-10-14-19-15(22-25-14)11-5-7-12(18)8-6-11/h3-9H,2,10H2,1H3. The van der Waals surface area contributed by atoms with E-state index in [2.05, 4.69) is 20.3 Å². The van der Waals surface area contributed by atoms with E-state index >= 15 is 0 Å². The molecule has 0 N–H and O–H groups in total. The highest BCUT2D eigenvalue weighted by molar-refractivity contribution is 7.98. The molecule has 26 heavy (non-hydrogen) atoms. The number of thioether (sulfide) groups is 1. The van der Waals surface area contributed by atoms with Crippen LogP contribution in [0.1, 0.15) is 12.8 Å². The zero-order valence-electron chi connectivity index (χ0n) is 13.8. The van der Waals surface area contributed by atoms with Crippen LogP contribution in [0.4, 0.5) is 4.39 Å². The van der Waals surface area contributed by atoms with E-state index in [1.807, 2.05) is 23.6 Å². The molecule has 0 aliphatic heterocycles. The number of nitrogens with zero attached hydrogens (tertiary/aromatic N) is 5. The van der Waals surface area contributed by atoms with Gasteiger partial charge in [-0.2, -0.15) is 4.98 Å². The number of halogens is 1. The Morgan fingerprint density at radius 1 is 1.15 bits per heavy atom. The van der Waals surface area contributed by atoms with Crippen molar-refractivity contribution in [2.24, 2.45) is 0 Å². The van der Waals surface area contributed by atoms with E-state index in [-0.39, 0.29) is 5.82 Å². The van der Waals surface area contributed by atoms with Crippen LogP contribution >= 0.6 is 11.8 Å². The SMILES string of the molecule is CCn1c(SCc2nc(-c3ccc(F)cc3)no2)nnc1-c1ccco1. The first-order valence-electron chi connectivity index (χ1n) is 7.93. The number of benzene rings is 1. The van der Waals surface area contributed by atoms with Crippen molar-refractivity contribution in [2.45, 2.75) is 24.4 Å². The molecule has 132 valence electrons. The van der Waals surface area contributed by atoms with Crippen molar-refractivity contribution >= 4 is 11.8 Å². The van der Waals surface area contributed by atoms with Gasteiger partial charge >= 0.3 is 0 Å². The van der Waals surface area contributed by atoms with Crippen LogP contribution in [0.3, 0.4) is 0 Å². The minimum atomic E-state index is -0.306. The summed E-state index contributed by atoms with van der Waals surface area (Å²) in [5, 5.41) is 13.1. The number of rotatable bonds is 6. The molecule has 1 aromatic carbocycles. The number of furan rings is 1. The van der Waals surface area contributed by atoms with E-state index in [1.165, 1.54) is 23.9 Å². The van der Waals surface area contributed by atoms with Gasteiger partial charge in [-0.1, -0.05) is 16.9 Å². The molecule has 4 rings (SSSR count). The van der Waals surface area contributed by atoms with E-state index in [1.54, 1.807) is 18.4 Å². The molecule has 0 radical (unpaired) electrons. The van der Waals surface area contributed by atoms with Gasteiger partial charge in [0, 0.05) is 12.1 Å². The second kappa shape index (κ2) is 7.12. The van der Waals surface area contributed by atoms with Gasteiger partial charge in [-0.3, -0.25) is 4.57 Å². The van der Waals surface area contributed by atoms with Crippen molar-refractivity contribution < 1.29 is 13.3 Å². The first kappa shape index (κ1) is 16.5. The van der Waals surface area contributed by atoms with Crippen molar-refractivity contribution in [3.05, 3.63) is 54.4 Å². The molecule has 0 fully saturated rings. The highest BCUT2D eigenvalue weighted by atomic mass is 32.2. The van der Waals surface area contributed by atoms with E-state index in [0.29, 0.717) is 41.2 Å². The lowest BCUT2D eigenvalue weighted by Gasteiger charge is -2.04. The van der Waals surface area contributed by atoms with Gasteiger partial charge in [-0.15, -0.1) is 10.2 Å². The molecule has 0 bridgehead atoms. The van der Waals surface area contributed by atoms with Crippen LogP contribution in [0.15, 0.2) is 56.8 Å². The van der Waals surface area contributed by atoms with Gasteiger partial charge in [-0.25, -0.2) is 4.39 Å². The van der Waals surface area contributed by atoms with Gasteiger partial charge in [0.05, 0.1) is 12.0 Å². The second-order valence-electron chi connectivity index (χ2n) is 5.34. The molecule has 0 spiro atoms. The summed E-state index contributed by atoms with van der Waals surface area (Å²) in [6.07, 6.45) is 1.60. The molecule has 0 amide bonds. The topological polar surface area (TPSA) is 82.8 Å². The molecule has 0 aliphatic rings. The lowest BCUT2D eigenvalue weighted by Crippen LogP contribution is -1.99. The summed E-state index contributed by atoms with van der Waals surface area (Å²) in [6.45, 7) is 2.72. The first-order chi connectivity index (χ1) is 12.7. The number of hydrogen-bond acceptors (Lipinski definition) is 7. The molecule has 3 aromatic heterocycles. The Bertz CT molecular complexity index is 995. The number of aromatic nitrogens is 5. The quantitative estimate of drug-likeness (QED) is 0.473. The molecule has 9 heteroatoms. The van der Waals surface area contributed by atoms with Gasteiger partial charge in [0.25, 0.3) is 0 Å². The molecule has 3 heterocycles. The highest BCUT2D eigenvalue weighted by Crippen LogP contribution is 2.27. The van der Waals surface area contributed by atoms with Crippen molar-refractivity contribution in [3.63, 3.8) is 0 Å². The Labute approximate surface area is 152 Å². The van der Waals surface area contributed by atoms with E-state index < -0.39 is 0 Å². The van der Waals surface area contributed by atoms with Gasteiger partial charge in [0.2, 0.25) is 11.7 Å². The minimum absolute atomic E-state index is 0.306. The summed E-state index contributed by atoms with van der Waals surface area (Å²) in [6, 6.07) is 9.60. The van der Waals surface area contributed by atoms with Crippen LogP contribution in [-0.4, -0.2) is 24.9 Å². The minimum Gasteiger partial charge on any atom is -0.461 e. The van der Waals surface area contributed by atoms with Crippen molar-refractivity contribution in [1.82, 2.24) is 24.9 Å². The Morgan fingerprint density at radius 3 is 2.73 bits per heavy atom. The molecule has 0 unspecified atom stereocenters. The molecule has 0 saturated heterocycles. The second-order valence-corrected chi connectivity index (χ2v) is 6.28. The Balaban J connectivity index is 1.49. The summed E-state index contributed by atoms with van der Waals surface area (Å²) in [5.41, 5.74) is 0.697. The first-order valence-corrected chi connectivity index (χ1v) is 8.91. The molecule has 0 aliphatic carbocycles. The fourth-order valence-electron chi connectivity index (χ4n) is 2.42. The molecular formula is C17H14FN5O2S. The third-order valence-electron chi connectivity index (χ3n) is 3.67. The average molecular weight is 371 g/mol. The van der Waals surface area contributed by atoms with Gasteiger partial charge in [0.15, 0.2) is 16.7 Å². The third-order valence-corrected chi connectivity index (χ3v) is 4.62. The van der Waals surface area contributed by atoms with Crippen LogP contribution in [0.2, 0.25) is 0 Å². The number of hydrogen-bond donors (Lipinski definition) is 0. The zero-order chi connectivity index (χ0) is 17.9. The maximum absolute atomic E-state index is 13.0. The van der Waals surface area contributed by atoms with Crippen molar-refractivity contribution in [3.8, 4) is 23.0 Å². The fraction of sp³-hybridized carbons (Fsp3) is 0.176.